The highest BCUT2D eigenvalue weighted by molar-refractivity contribution is 5.98. The Bertz CT molecular complexity index is 961. The molecule has 0 radical (unpaired) electrons. The van der Waals surface area contributed by atoms with Gasteiger partial charge in [-0.05, 0) is 50.8 Å². The Hall–Kier alpha value is -2.76. The molecule has 1 aliphatic rings. The van der Waals surface area contributed by atoms with E-state index >= 15 is 0 Å². The van der Waals surface area contributed by atoms with E-state index in [-0.39, 0.29) is 23.5 Å². The monoisotopic (exact) mass is 338 g/mol. The fourth-order valence-electron chi connectivity index (χ4n) is 3.08. The quantitative estimate of drug-likeness (QED) is 0.793. The van der Waals surface area contributed by atoms with Crippen LogP contribution in [0.5, 0.6) is 0 Å². The van der Waals surface area contributed by atoms with Crippen molar-refractivity contribution >= 4 is 11.6 Å². The molecular weight excluding hydrogens is 319 g/mol. The van der Waals surface area contributed by atoms with Crippen molar-refractivity contribution in [2.45, 2.75) is 32.7 Å². The molecule has 0 saturated heterocycles. The molecule has 25 heavy (non-hydrogen) atoms. The van der Waals surface area contributed by atoms with Crippen molar-refractivity contribution in [1.82, 2.24) is 19.7 Å². The van der Waals surface area contributed by atoms with Gasteiger partial charge < -0.3 is 5.32 Å². The van der Waals surface area contributed by atoms with E-state index in [0.717, 1.165) is 18.5 Å². The van der Waals surface area contributed by atoms with Crippen LogP contribution < -0.4 is 5.32 Å². The number of hydrogen-bond donors (Lipinski definition) is 1. The first kappa shape index (κ1) is 15.7. The first-order chi connectivity index (χ1) is 12.0. The number of carbonyl (C=O) groups is 1. The van der Waals surface area contributed by atoms with Crippen molar-refractivity contribution in [1.29, 1.82) is 0 Å². The minimum atomic E-state index is -0.341. The molecule has 1 aliphatic carbocycles. The summed E-state index contributed by atoms with van der Waals surface area (Å²) in [5.74, 6) is -0.0207. The highest BCUT2D eigenvalue weighted by Crippen LogP contribution is 2.32. The van der Waals surface area contributed by atoms with Gasteiger partial charge in [0.1, 0.15) is 12.1 Å². The second kappa shape index (κ2) is 5.95. The third-order valence-corrected chi connectivity index (χ3v) is 4.75. The lowest BCUT2D eigenvalue weighted by atomic mass is 10.1. The minimum absolute atomic E-state index is 0.125. The van der Waals surface area contributed by atoms with E-state index in [1.807, 2.05) is 13.8 Å². The van der Waals surface area contributed by atoms with Gasteiger partial charge in [-0.2, -0.15) is 0 Å². The summed E-state index contributed by atoms with van der Waals surface area (Å²) < 4.78 is 15.9. The lowest BCUT2D eigenvalue weighted by Crippen LogP contribution is -2.34. The maximum absolute atomic E-state index is 14.1. The van der Waals surface area contributed by atoms with Gasteiger partial charge >= 0.3 is 0 Å². The third kappa shape index (κ3) is 2.88. The Balaban J connectivity index is 1.76. The van der Waals surface area contributed by atoms with Gasteiger partial charge in [0.2, 0.25) is 0 Å². The molecule has 1 fully saturated rings. The van der Waals surface area contributed by atoms with Gasteiger partial charge in [0.05, 0.1) is 5.69 Å². The molecule has 2 heterocycles. The molecule has 5 nitrogen and oxygen atoms in total. The van der Waals surface area contributed by atoms with Gasteiger partial charge in [-0.1, -0.05) is 12.1 Å². The van der Waals surface area contributed by atoms with E-state index in [4.69, 9.17) is 0 Å². The zero-order valence-corrected chi connectivity index (χ0v) is 14.2. The predicted molar refractivity (Wildman–Crippen MR) is 92.8 cm³/mol. The van der Waals surface area contributed by atoms with E-state index in [0.29, 0.717) is 22.8 Å². The number of fused-ring (bicyclic) bond motifs is 1. The number of halogens is 1. The number of imidazole rings is 1. The first-order valence-corrected chi connectivity index (χ1v) is 8.45. The van der Waals surface area contributed by atoms with Crippen LogP contribution >= 0.6 is 0 Å². The van der Waals surface area contributed by atoms with Crippen LogP contribution in [0.3, 0.4) is 0 Å². The van der Waals surface area contributed by atoms with Crippen LogP contribution in [0, 0.1) is 18.7 Å². The van der Waals surface area contributed by atoms with Crippen molar-refractivity contribution in [3.05, 3.63) is 53.9 Å². The first-order valence-electron chi connectivity index (χ1n) is 8.45. The Morgan fingerprint density at radius 2 is 2.12 bits per heavy atom. The number of benzene rings is 1. The minimum Gasteiger partial charge on any atom is -0.348 e. The largest absolute Gasteiger partial charge is 0.348 e. The summed E-state index contributed by atoms with van der Waals surface area (Å²) in [7, 11) is 0. The summed E-state index contributed by atoms with van der Waals surface area (Å²) in [6.45, 7) is 3.90. The molecule has 3 aromatic rings. The molecule has 1 N–H and O–H groups in total. The van der Waals surface area contributed by atoms with Gasteiger partial charge in [0.15, 0.2) is 11.3 Å². The number of hydrogen-bond acceptors (Lipinski definition) is 3. The fourth-order valence-corrected chi connectivity index (χ4v) is 3.08. The maximum Gasteiger partial charge on any atom is 0.274 e. The van der Waals surface area contributed by atoms with Crippen LogP contribution in [0.15, 0.2) is 36.7 Å². The number of amides is 1. The molecule has 0 bridgehead atoms. The topological polar surface area (TPSA) is 59.3 Å². The molecule has 1 saturated carbocycles. The number of aromatic nitrogens is 3. The average Bonchev–Trinajstić information content (AvgIpc) is 3.35. The standard InChI is InChI=1S/C19H19FN4O/c1-11-9-16(14-5-3-4-6-15(14)20)23-18-17(21-10-24(11)18)19(25)22-12(2)13-7-8-13/h3-6,9-10,12-13H,7-8H2,1-2H3,(H,22,25). The maximum atomic E-state index is 14.1. The van der Waals surface area contributed by atoms with Crippen molar-refractivity contribution in [2.75, 3.05) is 0 Å². The summed E-state index contributed by atoms with van der Waals surface area (Å²) in [6, 6.07) is 8.40. The van der Waals surface area contributed by atoms with Gasteiger partial charge in [-0.25, -0.2) is 14.4 Å². The van der Waals surface area contributed by atoms with Gasteiger partial charge in [-0.3, -0.25) is 9.20 Å². The Morgan fingerprint density at radius 1 is 1.36 bits per heavy atom. The SMILES string of the molecule is Cc1cc(-c2ccccc2F)nc2c(C(=O)NC(C)C3CC3)ncn12. The van der Waals surface area contributed by atoms with E-state index in [2.05, 4.69) is 15.3 Å². The van der Waals surface area contributed by atoms with Crippen molar-refractivity contribution < 1.29 is 9.18 Å². The summed E-state index contributed by atoms with van der Waals surface area (Å²) in [6.07, 6.45) is 3.89. The molecule has 2 aromatic heterocycles. The van der Waals surface area contributed by atoms with E-state index in [9.17, 15) is 9.18 Å². The van der Waals surface area contributed by atoms with Crippen LogP contribution in [0.25, 0.3) is 16.9 Å². The fraction of sp³-hybridized carbons (Fsp3) is 0.316. The van der Waals surface area contributed by atoms with Gasteiger partial charge in [0.25, 0.3) is 5.91 Å². The smallest absolute Gasteiger partial charge is 0.274 e. The van der Waals surface area contributed by atoms with Crippen molar-refractivity contribution in [3.8, 4) is 11.3 Å². The molecule has 1 amide bonds. The summed E-state index contributed by atoms with van der Waals surface area (Å²) in [5, 5.41) is 3.00. The predicted octanol–water partition coefficient (Wildman–Crippen LogP) is 3.37. The van der Waals surface area contributed by atoms with E-state index < -0.39 is 0 Å². The molecule has 4 rings (SSSR count). The van der Waals surface area contributed by atoms with Crippen LogP contribution in [0.2, 0.25) is 0 Å². The van der Waals surface area contributed by atoms with Gasteiger partial charge in [-0.15, -0.1) is 0 Å². The van der Waals surface area contributed by atoms with E-state index in [1.165, 1.54) is 6.07 Å². The number of nitrogens with one attached hydrogen (secondary N) is 1. The number of carbonyl (C=O) groups excluding carboxylic acids is 1. The molecule has 6 heteroatoms. The van der Waals surface area contributed by atoms with Crippen LogP contribution in [0.4, 0.5) is 4.39 Å². The third-order valence-electron chi connectivity index (χ3n) is 4.75. The lowest BCUT2D eigenvalue weighted by molar-refractivity contribution is 0.0933. The van der Waals surface area contributed by atoms with Gasteiger partial charge in [0, 0.05) is 17.3 Å². The van der Waals surface area contributed by atoms with E-state index in [1.54, 1.807) is 35.0 Å². The summed E-state index contributed by atoms with van der Waals surface area (Å²) in [4.78, 5) is 21.3. The Labute approximate surface area is 144 Å². The second-order valence-electron chi connectivity index (χ2n) is 6.65. The highest BCUT2D eigenvalue weighted by Gasteiger charge is 2.30. The zero-order chi connectivity index (χ0) is 17.6. The van der Waals surface area contributed by atoms with Crippen molar-refractivity contribution in [2.24, 2.45) is 5.92 Å². The molecule has 1 atom stereocenters. The summed E-state index contributed by atoms with van der Waals surface area (Å²) in [5.41, 5.74) is 2.46. The molecule has 128 valence electrons. The molecule has 0 aliphatic heterocycles. The van der Waals surface area contributed by atoms with Crippen LogP contribution in [0.1, 0.15) is 35.9 Å². The van der Waals surface area contributed by atoms with Crippen molar-refractivity contribution in [3.63, 3.8) is 0 Å². The highest BCUT2D eigenvalue weighted by atomic mass is 19.1. The molecular formula is C19H19FN4O. The number of nitrogens with zero attached hydrogens (tertiary/aromatic N) is 3. The average molecular weight is 338 g/mol. The molecule has 1 aromatic carbocycles. The second-order valence-corrected chi connectivity index (χ2v) is 6.65. The summed E-state index contributed by atoms with van der Waals surface area (Å²) >= 11 is 0. The zero-order valence-electron chi connectivity index (χ0n) is 14.2. The molecule has 1 unspecified atom stereocenters. The Morgan fingerprint density at radius 3 is 2.84 bits per heavy atom. The Kier molecular flexibility index (Phi) is 3.75. The van der Waals surface area contributed by atoms with Crippen LogP contribution in [-0.4, -0.2) is 26.3 Å². The number of aryl methyl sites for hydroxylation is 1. The van der Waals surface area contributed by atoms with Crippen LogP contribution in [-0.2, 0) is 0 Å². The number of rotatable bonds is 4. The lowest BCUT2D eigenvalue weighted by Gasteiger charge is -2.12. The normalized spacial score (nSPS) is 15.3. The molecule has 0 spiro atoms.